The van der Waals surface area contributed by atoms with Crippen molar-refractivity contribution in [3.05, 3.63) is 0 Å². The van der Waals surface area contributed by atoms with Crippen molar-refractivity contribution in [3.63, 3.8) is 0 Å². The largest absolute Gasteiger partial charge is 0.462 e. The number of rotatable bonds is 8. The van der Waals surface area contributed by atoms with Gasteiger partial charge in [-0.1, -0.05) is 33.6 Å². The zero-order valence-electron chi connectivity index (χ0n) is 26.5. The maximum absolute atomic E-state index is 12.6. The molecule has 4 fully saturated rings. The molecule has 0 radical (unpaired) electrons. The first-order chi connectivity index (χ1) is 18.9. The van der Waals surface area contributed by atoms with Crippen LogP contribution in [0.4, 0.5) is 0 Å². The number of hydrogen-bond donors (Lipinski definition) is 2. The molecule has 234 valence electrons. The predicted molar refractivity (Wildman–Crippen MR) is 153 cm³/mol. The Kier molecular flexibility index (Phi) is 9.00. The van der Waals surface area contributed by atoms with Gasteiger partial charge in [-0.2, -0.15) is 0 Å². The quantitative estimate of drug-likeness (QED) is 0.292. The van der Waals surface area contributed by atoms with E-state index in [-0.39, 0.29) is 23.7 Å². The highest BCUT2D eigenvalue weighted by Gasteiger charge is 2.72. The van der Waals surface area contributed by atoms with Crippen molar-refractivity contribution in [1.29, 1.82) is 0 Å². The van der Waals surface area contributed by atoms with Crippen molar-refractivity contribution in [1.82, 2.24) is 0 Å². The maximum Gasteiger partial charge on any atom is 0.303 e. The van der Waals surface area contributed by atoms with Crippen LogP contribution in [0.25, 0.3) is 0 Å². The first-order valence-corrected chi connectivity index (χ1v) is 15.9. The van der Waals surface area contributed by atoms with Crippen LogP contribution in [-0.2, 0) is 28.6 Å². The van der Waals surface area contributed by atoms with Gasteiger partial charge in [0, 0.05) is 39.0 Å². The zero-order valence-corrected chi connectivity index (χ0v) is 26.5. The van der Waals surface area contributed by atoms with Crippen molar-refractivity contribution in [2.75, 3.05) is 0 Å². The third kappa shape index (κ3) is 5.93. The fourth-order valence-electron chi connectivity index (χ4n) is 10.3. The average Bonchev–Trinajstić information content (AvgIpc) is 3.17. The van der Waals surface area contributed by atoms with E-state index in [2.05, 4.69) is 13.8 Å². The van der Waals surface area contributed by atoms with Crippen LogP contribution in [0.1, 0.15) is 120 Å². The van der Waals surface area contributed by atoms with Crippen LogP contribution in [0.2, 0.25) is 0 Å². The Morgan fingerprint density at radius 3 is 2.10 bits per heavy atom. The first-order valence-electron chi connectivity index (χ1n) is 15.9. The summed E-state index contributed by atoms with van der Waals surface area (Å²) in [5.41, 5.74) is -2.88. The van der Waals surface area contributed by atoms with Crippen LogP contribution in [-0.4, -0.2) is 57.6 Å². The zero-order chi connectivity index (χ0) is 30.5. The van der Waals surface area contributed by atoms with E-state index in [0.717, 1.165) is 44.9 Å². The van der Waals surface area contributed by atoms with Crippen LogP contribution in [0.15, 0.2) is 0 Å². The predicted octanol–water partition coefficient (Wildman–Crippen LogP) is 5.35. The monoisotopic (exact) mass is 578 g/mol. The summed E-state index contributed by atoms with van der Waals surface area (Å²) in [6, 6.07) is 0. The summed E-state index contributed by atoms with van der Waals surface area (Å²) in [5, 5.41) is 22.8. The van der Waals surface area contributed by atoms with E-state index >= 15 is 0 Å². The molecule has 0 spiro atoms. The molecule has 8 heteroatoms. The van der Waals surface area contributed by atoms with Gasteiger partial charge in [0.05, 0.1) is 5.60 Å². The van der Waals surface area contributed by atoms with Gasteiger partial charge in [0.2, 0.25) is 0 Å². The highest BCUT2D eigenvalue weighted by atomic mass is 16.6. The van der Waals surface area contributed by atoms with Gasteiger partial charge < -0.3 is 24.4 Å². The summed E-state index contributed by atoms with van der Waals surface area (Å²) in [7, 11) is 0. The number of esters is 3. The lowest BCUT2D eigenvalue weighted by molar-refractivity contribution is -0.300. The summed E-state index contributed by atoms with van der Waals surface area (Å²) in [5.74, 6) is 0.456. The lowest BCUT2D eigenvalue weighted by Crippen LogP contribution is -2.73. The molecule has 11 atom stereocenters. The van der Waals surface area contributed by atoms with Gasteiger partial charge in [-0.15, -0.1) is 0 Å². The van der Waals surface area contributed by atoms with Crippen LogP contribution >= 0.6 is 0 Å². The van der Waals surface area contributed by atoms with Crippen molar-refractivity contribution in [3.8, 4) is 0 Å². The second-order valence-electron chi connectivity index (χ2n) is 15.1. The summed E-state index contributed by atoms with van der Waals surface area (Å²) in [6.45, 7) is 14.7. The Bertz CT molecular complexity index is 1000. The van der Waals surface area contributed by atoms with Crippen LogP contribution in [0.5, 0.6) is 0 Å². The van der Waals surface area contributed by atoms with E-state index < -0.39 is 52.8 Å². The van der Waals surface area contributed by atoms with Gasteiger partial charge in [-0.3, -0.25) is 14.4 Å². The standard InChI is InChI=1S/C33H54O8/c1-19(10-9-14-30(5,6)37)25-11-12-26-24-17-29(41-22(4)36)33(38)18-23(39-20(2)34)16-28(40-21(3)35)32(33,8)27(24)13-15-31(25,26)7/h19,23-29,37-38H,9-18H2,1-8H3/t19-,23+,24+,25+,26+,27+,28-,29-,31-,32+,33+/m1/s1. The topological polar surface area (TPSA) is 119 Å². The minimum absolute atomic E-state index is 0.0734. The molecule has 0 aromatic carbocycles. The normalized spacial score (nSPS) is 42.7. The van der Waals surface area contributed by atoms with Crippen molar-refractivity contribution in [2.45, 2.75) is 149 Å². The number of hydrogen-bond acceptors (Lipinski definition) is 8. The van der Waals surface area contributed by atoms with E-state index in [9.17, 15) is 24.6 Å². The van der Waals surface area contributed by atoms with Gasteiger partial charge >= 0.3 is 17.9 Å². The van der Waals surface area contributed by atoms with E-state index in [1.807, 2.05) is 20.8 Å². The highest BCUT2D eigenvalue weighted by Crippen LogP contribution is 2.70. The molecule has 0 aromatic rings. The summed E-state index contributed by atoms with van der Waals surface area (Å²) >= 11 is 0. The van der Waals surface area contributed by atoms with Gasteiger partial charge in [0.15, 0.2) is 0 Å². The molecular formula is C33H54O8. The van der Waals surface area contributed by atoms with Crippen molar-refractivity contribution >= 4 is 17.9 Å². The molecule has 0 unspecified atom stereocenters. The second kappa shape index (κ2) is 11.4. The number of ether oxygens (including phenoxy) is 3. The smallest absolute Gasteiger partial charge is 0.303 e. The molecule has 41 heavy (non-hydrogen) atoms. The molecule has 4 saturated carbocycles. The van der Waals surface area contributed by atoms with Gasteiger partial charge in [-0.05, 0) is 87.4 Å². The van der Waals surface area contributed by atoms with Gasteiger partial charge in [0.1, 0.15) is 23.9 Å². The van der Waals surface area contributed by atoms with Crippen LogP contribution in [0.3, 0.4) is 0 Å². The number of aliphatic hydroxyl groups is 2. The van der Waals surface area contributed by atoms with Gasteiger partial charge in [-0.25, -0.2) is 0 Å². The number of carbonyl (C=O) groups is 3. The Balaban J connectivity index is 1.67. The molecule has 2 N–H and O–H groups in total. The summed E-state index contributed by atoms with van der Waals surface area (Å²) in [4.78, 5) is 36.7. The lowest BCUT2D eigenvalue weighted by Gasteiger charge is -2.67. The van der Waals surface area contributed by atoms with Crippen molar-refractivity contribution in [2.24, 2.45) is 40.4 Å². The molecule has 0 saturated heterocycles. The number of fused-ring (bicyclic) bond motifs is 5. The Morgan fingerprint density at radius 1 is 0.902 bits per heavy atom. The average molecular weight is 579 g/mol. The molecule has 8 nitrogen and oxygen atoms in total. The third-order valence-corrected chi connectivity index (χ3v) is 12.0. The molecule has 4 aliphatic carbocycles. The highest BCUT2D eigenvalue weighted by molar-refractivity contribution is 5.67. The maximum atomic E-state index is 12.6. The van der Waals surface area contributed by atoms with E-state index in [4.69, 9.17) is 14.2 Å². The molecule has 0 bridgehead atoms. The molecule has 4 rings (SSSR count). The summed E-state index contributed by atoms with van der Waals surface area (Å²) < 4.78 is 17.5. The Hall–Kier alpha value is -1.67. The molecular weight excluding hydrogens is 524 g/mol. The van der Waals surface area contributed by atoms with E-state index in [1.165, 1.54) is 20.8 Å². The van der Waals surface area contributed by atoms with E-state index in [1.54, 1.807) is 0 Å². The molecule has 0 heterocycles. The van der Waals surface area contributed by atoms with E-state index in [0.29, 0.717) is 30.6 Å². The molecule has 0 aliphatic heterocycles. The lowest BCUT2D eigenvalue weighted by atomic mass is 9.41. The Morgan fingerprint density at radius 2 is 1.51 bits per heavy atom. The number of carbonyl (C=O) groups excluding carboxylic acids is 3. The SMILES string of the molecule is CC(=O)O[C@H]1C[C@@H](OC(C)=O)[C@]2(C)[C@H]3CC[C@@]4(C)[C@@H](CC[C@H]4[C@H](C)CCCC(C)(C)O)[C@@H]3C[C@@H](OC(C)=O)[C@@]2(O)C1. The molecule has 4 aliphatic rings. The van der Waals surface area contributed by atoms with Crippen LogP contribution < -0.4 is 0 Å². The fourth-order valence-corrected chi connectivity index (χ4v) is 10.3. The minimum Gasteiger partial charge on any atom is -0.462 e. The third-order valence-electron chi connectivity index (χ3n) is 12.0. The molecule has 0 aromatic heterocycles. The summed E-state index contributed by atoms with van der Waals surface area (Å²) in [6.07, 6.45) is 5.97. The Labute approximate surface area is 246 Å². The second-order valence-corrected chi connectivity index (χ2v) is 15.1. The first kappa shape index (κ1) is 32.2. The van der Waals surface area contributed by atoms with Crippen molar-refractivity contribution < 1.29 is 38.8 Å². The van der Waals surface area contributed by atoms with Crippen LogP contribution in [0, 0.1) is 40.4 Å². The fraction of sp³-hybridized carbons (Fsp3) is 0.909. The van der Waals surface area contributed by atoms with Gasteiger partial charge in [0.25, 0.3) is 0 Å². The molecule has 0 amide bonds. The minimum atomic E-state index is -1.51.